The van der Waals surface area contributed by atoms with Gasteiger partial charge in [-0.05, 0) is 44.7 Å². The average Bonchev–Trinajstić information content (AvgIpc) is 2.91. The third-order valence-corrected chi connectivity index (χ3v) is 7.52. The van der Waals surface area contributed by atoms with Gasteiger partial charge in [0.05, 0.1) is 23.0 Å². The first kappa shape index (κ1) is 20.2. The standard InChI is InChI=1S/C19H26ClN3O3S/c1-14-8-10-22(11-9-14)27(24,25)19-15(2)21-23(16(19)3)12-13-26-18-7-5-4-6-17(18)20/h4-7,14H,8-13H2,1-3H3. The van der Waals surface area contributed by atoms with Crippen molar-refractivity contribution in [2.45, 2.75) is 45.1 Å². The van der Waals surface area contributed by atoms with Crippen molar-refractivity contribution in [2.24, 2.45) is 5.92 Å². The summed E-state index contributed by atoms with van der Waals surface area (Å²) < 4.78 is 35.2. The maximum absolute atomic E-state index is 13.1. The summed E-state index contributed by atoms with van der Waals surface area (Å²) in [7, 11) is -3.52. The predicted molar refractivity (Wildman–Crippen MR) is 106 cm³/mol. The van der Waals surface area contributed by atoms with Crippen LogP contribution in [0.3, 0.4) is 0 Å². The van der Waals surface area contributed by atoms with E-state index in [4.69, 9.17) is 16.3 Å². The molecule has 1 aliphatic rings. The summed E-state index contributed by atoms with van der Waals surface area (Å²) in [6.45, 7) is 7.66. The lowest BCUT2D eigenvalue weighted by molar-refractivity contribution is 0.286. The lowest BCUT2D eigenvalue weighted by Gasteiger charge is -2.29. The molecule has 27 heavy (non-hydrogen) atoms. The Morgan fingerprint density at radius 2 is 1.89 bits per heavy atom. The highest BCUT2D eigenvalue weighted by Gasteiger charge is 2.32. The molecular weight excluding hydrogens is 386 g/mol. The SMILES string of the molecule is Cc1nn(CCOc2ccccc2Cl)c(C)c1S(=O)(=O)N1CCC(C)CC1. The Balaban J connectivity index is 1.73. The Morgan fingerprint density at radius 1 is 1.22 bits per heavy atom. The molecule has 0 unspecified atom stereocenters. The largest absolute Gasteiger partial charge is 0.490 e. The summed E-state index contributed by atoms with van der Waals surface area (Å²) in [6.07, 6.45) is 1.80. The molecule has 1 aliphatic heterocycles. The number of aromatic nitrogens is 2. The Bertz CT molecular complexity index is 903. The molecule has 2 heterocycles. The van der Waals surface area contributed by atoms with Crippen LogP contribution in [0.4, 0.5) is 0 Å². The highest BCUT2D eigenvalue weighted by molar-refractivity contribution is 7.89. The molecule has 148 valence electrons. The van der Waals surface area contributed by atoms with Crippen LogP contribution >= 0.6 is 11.6 Å². The first-order valence-electron chi connectivity index (χ1n) is 9.22. The van der Waals surface area contributed by atoms with E-state index in [9.17, 15) is 8.42 Å². The number of para-hydroxylation sites is 1. The van der Waals surface area contributed by atoms with Gasteiger partial charge in [-0.2, -0.15) is 9.40 Å². The summed E-state index contributed by atoms with van der Waals surface area (Å²) in [6, 6.07) is 7.27. The van der Waals surface area contributed by atoms with E-state index in [1.165, 1.54) is 0 Å². The number of sulfonamides is 1. The molecule has 6 nitrogen and oxygen atoms in total. The number of aryl methyl sites for hydroxylation is 1. The molecule has 3 rings (SSSR count). The fourth-order valence-corrected chi connectivity index (χ4v) is 5.46. The monoisotopic (exact) mass is 411 g/mol. The van der Waals surface area contributed by atoms with E-state index in [2.05, 4.69) is 12.0 Å². The third-order valence-electron chi connectivity index (χ3n) is 5.05. The van der Waals surface area contributed by atoms with Crippen molar-refractivity contribution in [1.82, 2.24) is 14.1 Å². The van der Waals surface area contributed by atoms with Gasteiger partial charge in [-0.3, -0.25) is 4.68 Å². The number of piperidine rings is 1. The molecule has 0 amide bonds. The molecule has 2 aromatic rings. The zero-order valence-corrected chi connectivity index (χ0v) is 17.6. The maximum atomic E-state index is 13.1. The molecule has 1 saturated heterocycles. The van der Waals surface area contributed by atoms with Crippen LogP contribution in [-0.4, -0.2) is 42.2 Å². The minimum absolute atomic E-state index is 0.329. The average molecular weight is 412 g/mol. The molecule has 0 spiro atoms. The summed E-state index contributed by atoms with van der Waals surface area (Å²) in [5.74, 6) is 1.18. The molecule has 0 aliphatic carbocycles. The lowest BCUT2D eigenvalue weighted by Crippen LogP contribution is -2.38. The number of halogens is 1. The lowest BCUT2D eigenvalue weighted by atomic mass is 10.0. The van der Waals surface area contributed by atoms with Crippen molar-refractivity contribution < 1.29 is 13.2 Å². The zero-order chi connectivity index (χ0) is 19.6. The number of nitrogens with zero attached hydrogens (tertiary/aromatic N) is 3. The highest BCUT2D eigenvalue weighted by atomic mass is 35.5. The fourth-order valence-electron chi connectivity index (χ4n) is 3.43. The van der Waals surface area contributed by atoms with Gasteiger partial charge < -0.3 is 4.74 Å². The third kappa shape index (κ3) is 4.31. The Morgan fingerprint density at radius 3 is 2.56 bits per heavy atom. The van der Waals surface area contributed by atoms with Crippen molar-refractivity contribution >= 4 is 21.6 Å². The summed E-state index contributed by atoms with van der Waals surface area (Å²) in [5, 5.41) is 4.99. The zero-order valence-electron chi connectivity index (χ0n) is 16.0. The molecule has 1 aromatic carbocycles. The highest BCUT2D eigenvalue weighted by Crippen LogP contribution is 2.28. The van der Waals surface area contributed by atoms with Crippen LogP contribution in [0.25, 0.3) is 0 Å². The van der Waals surface area contributed by atoms with E-state index in [0.29, 0.717) is 59.2 Å². The quantitative estimate of drug-likeness (QED) is 0.727. The molecule has 0 radical (unpaired) electrons. The van der Waals surface area contributed by atoms with Crippen LogP contribution in [0.15, 0.2) is 29.2 Å². The van der Waals surface area contributed by atoms with Gasteiger partial charge in [-0.15, -0.1) is 0 Å². The molecule has 1 aromatic heterocycles. The molecular formula is C19H26ClN3O3S. The van der Waals surface area contributed by atoms with E-state index in [-0.39, 0.29) is 0 Å². The van der Waals surface area contributed by atoms with Gasteiger partial charge in [-0.1, -0.05) is 30.7 Å². The van der Waals surface area contributed by atoms with Crippen molar-refractivity contribution in [3.05, 3.63) is 40.7 Å². The smallest absolute Gasteiger partial charge is 0.246 e. The second kappa shape index (κ2) is 8.20. The molecule has 0 bridgehead atoms. The first-order valence-corrected chi connectivity index (χ1v) is 11.0. The maximum Gasteiger partial charge on any atom is 0.246 e. The van der Waals surface area contributed by atoms with Crippen molar-refractivity contribution in [2.75, 3.05) is 19.7 Å². The molecule has 8 heteroatoms. The normalized spacial score (nSPS) is 16.6. The molecule has 0 N–H and O–H groups in total. The molecule has 0 atom stereocenters. The van der Waals surface area contributed by atoms with E-state index < -0.39 is 10.0 Å². The number of hydrogen-bond acceptors (Lipinski definition) is 4. The second-order valence-electron chi connectivity index (χ2n) is 7.09. The van der Waals surface area contributed by atoms with Gasteiger partial charge in [0.25, 0.3) is 0 Å². The van der Waals surface area contributed by atoms with E-state index in [1.54, 1.807) is 35.0 Å². The number of rotatable bonds is 6. The van der Waals surface area contributed by atoms with Crippen LogP contribution < -0.4 is 4.74 Å². The van der Waals surface area contributed by atoms with Gasteiger partial charge >= 0.3 is 0 Å². The van der Waals surface area contributed by atoms with Crippen molar-refractivity contribution in [1.29, 1.82) is 0 Å². The Hall–Kier alpha value is -1.57. The van der Waals surface area contributed by atoms with E-state index in [0.717, 1.165) is 12.8 Å². The Labute approximate surface area is 166 Å². The number of hydrogen-bond donors (Lipinski definition) is 0. The van der Waals surface area contributed by atoms with Gasteiger partial charge in [0.15, 0.2) is 0 Å². The minimum atomic E-state index is -3.52. The minimum Gasteiger partial charge on any atom is -0.490 e. The number of ether oxygens (including phenoxy) is 1. The van der Waals surface area contributed by atoms with Crippen molar-refractivity contribution in [3.63, 3.8) is 0 Å². The second-order valence-corrected chi connectivity index (χ2v) is 9.37. The Kier molecular flexibility index (Phi) is 6.13. The van der Waals surface area contributed by atoms with Gasteiger partial charge in [0.1, 0.15) is 17.3 Å². The van der Waals surface area contributed by atoms with E-state index in [1.807, 2.05) is 12.1 Å². The van der Waals surface area contributed by atoms with Crippen LogP contribution in [0.2, 0.25) is 5.02 Å². The van der Waals surface area contributed by atoms with Crippen LogP contribution in [0, 0.1) is 19.8 Å². The summed E-state index contributed by atoms with van der Waals surface area (Å²) in [5.41, 5.74) is 1.18. The topological polar surface area (TPSA) is 64.4 Å². The molecule has 0 saturated carbocycles. The molecule has 1 fully saturated rings. The fraction of sp³-hybridized carbons (Fsp3) is 0.526. The van der Waals surface area contributed by atoms with Crippen molar-refractivity contribution in [3.8, 4) is 5.75 Å². The summed E-state index contributed by atoms with van der Waals surface area (Å²) in [4.78, 5) is 0.329. The summed E-state index contributed by atoms with van der Waals surface area (Å²) >= 11 is 6.09. The van der Waals surface area contributed by atoms with E-state index >= 15 is 0 Å². The van der Waals surface area contributed by atoms with Gasteiger partial charge in [-0.25, -0.2) is 8.42 Å². The first-order chi connectivity index (χ1) is 12.8. The van der Waals surface area contributed by atoms with Crippen LogP contribution in [0.5, 0.6) is 5.75 Å². The van der Waals surface area contributed by atoms with Gasteiger partial charge in [0.2, 0.25) is 10.0 Å². The predicted octanol–water partition coefficient (Wildman–Crippen LogP) is 3.65. The number of benzene rings is 1. The van der Waals surface area contributed by atoms with Gasteiger partial charge in [0, 0.05) is 13.1 Å². The van der Waals surface area contributed by atoms with Crippen LogP contribution in [-0.2, 0) is 16.6 Å². The van der Waals surface area contributed by atoms with Crippen LogP contribution in [0.1, 0.15) is 31.2 Å².